The van der Waals surface area contributed by atoms with Crippen molar-refractivity contribution in [3.8, 4) is 0 Å². The van der Waals surface area contributed by atoms with Gasteiger partial charge in [0.15, 0.2) is 0 Å². The van der Waals surface area contributed by atoms with E-state index in [1.54, 1.807) is 12.4 Å². The zero-order valence-electron chi connectivity index (χ0n) is 9.37. The first-order valence-corrected chi connectivity index (χ1v) is 5.64. The molecule has 5 heteroatoms. The molecule has 1 aliphatic heterocycles. The van der Waals surface area contributed by atoms with Crippen molar-refractivity contribution in [1.82, 2.24) is 24.9 Å². The van der Waals surface area contributed by atoms with E-state index in [1.807, 2.05) is 10.7 Å². The van der Waals surface area contributed by atoms with E-state index in [-0.39, 0.29) is 0 Å². The highest BCUT2D eigenvalue weighted by molar-refractivity contribution is 5.72. The molecule has 0 saturated carbocycles. The van der Waals surface area contributed by atoms with Crippen molar-refractivity contribution in [2.45, 2.75) is 13.0 Å². The number of aromatic nitrogens is 4. The summed E-state index contributed by atoms with van der Waals surface area (Å²) in [4.78, 5) is 6.41. The second kappa shape index (κ2) is 3.83. The minimum atomic E-state index is 0.697. The molecule has 0 amide bonds. The second-order valence-electron chi connectivity index (χ2n) is 4.55. The molecule has 2 aromatic rings. The van der Waals surface area contributed by atoms with Crippen LogP contribution < -0.4 is 0 Å². The third kappa shape index (κ3) is 1.67. The molecule has 0 N–H and O–H groups in total. The van der Waals surface area contributed by atoms with Gasteiger partial charge in [-0.1, -0.05) is 5.21 Å². The Morgan fingerprint density at radius 3 is 3.25 bits per heavy atom. The van der Waals surface area contributed by atoms with Gasteiger partial charge in [0.1, 0.15) is 5.52 Å². The van der Waals surface area contributed by atoms with E-state index in [2.05, 4.69) is 27.2 Å². The molecule has 0 aliphatic carbocycles. The van der Waals surface area contributed by atoms with Gasteiger partial charge in [-0.3, -0.25) is 4.98 Å². The second-order valence-corrected chi connectivity index (χ2v) is 4.55. The van der Waals surface area contributed by atoms with Crippen molar-refractivity contribution >= 4 is 11.0 Å². The van der Waals surface area contributed by atoms with Gasteiger partial charge in [0, 0.05) is 19.3 Å². The fourth-order valence-electron chi connectivity index (χ4n) is 2.38. The Balaban J connectivity index is 1.84. The third-order valence-electron chi connectivity index (χ3n) is 3.24. The molecule has 84 valence electrons. The summed E-state index contributed by atoms with van der Waals surface area (Å²) in [6, 6.07) is 1.98. The Hall–Kier alpha value is -1.49. The first-order valence-electron chi connectivity index (χ1n) is 5.64. The molecule has 16 heavy (non-hydrogen) atoms. The Bertz CT molecular complexity index is 492. The molecule has 1 saturated heterocycles. The number of nitrogens with zero attached hydrogens (tertiary/aromatic N) is 5. The highest BCUT2D eigenvalue weighted by Gasteiger charge is 2.20. The van der Waals surface area contributed by atoms with Crippen molar-refractivity contribution in [3.63, 3.8) is 0 Å². The van der Waals surface area contributed by atoms with Crippen molar-refractivity contribution in [2.75, 3.05) is 20.1 Å². The predicted octanol–water partition coefficient (Wildman–Crippen LogP) is 0.778. The molecule has 1 atom stereocenters. The first-order chi connectivity index (χ1) is 7.83. The predicted molar refractivity (Wildman–Crippen MR) is 60.9 cm³/mol. The van der Waals surface area contributed by atoms with E-state index in [4.69, 9.17) is 0 Å². The quantitative estimate of drug-likeness (QED) is 0.745. The SMILES string of the molecule is CN1CCC(Cn2nnc3cnccc32)C1. The summed E-state index contributed by atoms with van der Waals surface area (Å²) in [5.41, 5.74) is 1.97. The topological polar surface area (TPSA) is 46.8 Å². The molecule has 0 aromatic carbocycles. The van der Waals surface area contributed by atoms with Crippen LogP contribution in [0.2, 0.25) is 0 Å². The minimum Gasteiger partial charge on any atom is -0.306 e. The molecular formula is C11H15N5. The maximum atomic E-state index is 4.19. The van der Waals surface area contributed by atoms with Gasteiger partial charge in [-0.15, -0.1) is 5.10 Å². The zero-order valence-corrected chi connectivity index (χ0v) is 9.37. The van der Waals surface area contributed by atoms with Crippen molar-refractivity contribution < 1.29 is 0 Å². The summed E-state index contributed by atoms with van der Waals surface area (Å²) in [6.45, 7) is 3.32. The zero-order chi connectivity index (χ0) is 11.0. The molecule has 0 radical (unpaired) electrons. The van der Waals surface area contributed by atoms with Gasteiger partial charge >= 0.3 is 0 Å². The Morgan fingerprint density at radius 1 is 1.50 bits per heavy atom. The van der Waals surface area contributed by atoms with Gasteiger partial charge in [-0.05, 0) is 32.0 Å². The highest BCUT2D eigenvalue weighted by atomic mass is 15.4. The highest BCUT2D eigenvalue weighted by Crippen LogP contribution is 2.18. The van der Waals surface area contributed by atoms with Crippen LogP contribution in [0.1, 0.15) is 6.42 Å². The van der Waals surface area contributed by atoms with E-state index in [0.29, 0.717) is 5.92 Å². The lowest BCUT2D eigenvalue weighted by Gasteiger charge is -2.10. The normalized spacial score (nSPS) is 21.9. The summed E-state index contributed by atoms with van der Waals surface area (Å²) < 4.78 is 2.00. The molecule has 3 heterocycles. The van der Waals surface area contributed by atoms with Crippen LogP contribution in [0.15, 0.2) is 18.5 Å². The van der Waals surface area contributed by atoms with Crippen LogP contribution in [-0.2, 0) is 6.54 Å². The van der Waals surface area contributed by atoms with Gasteiger partial charge in [0.05, 0.1) is 11.7 Å². The lowest BCUT2D eigenvalue weighted by Crippen LogP contribution is -2.17. The summed E-state index contributed by atoms with van der Waals surface area (Å²) in [7, 11) is 2.17. The fourth-order valence-corrected chi connectivity index (χ4v) is 2.38. The fraction of sp³-hybridized carbons (Fsp3) is 0.545. The maximum absolute atomic E-state index is 4.19. The van der Waals surface area contributed by atoms with Crippen LogP contribution in [0.5, 0.6) is 0 Å². The maximum Gasteiger partial charge on any atom is 0.131 e. The molecule has 0 bridgehead atoms. The smallest absolute Gasteiger partial charge is 0.131 e. The van der Waals surface area contributed by atoms with Gasteiger partial charge < -0.3 is 4.90 Å². The van der Waals surface area contributed by atoms with E-state index in [1.165, 1.54) is 13.0 Å². The van der Waals surface area contributed by atoms with Crippen molar-refractivity contribution in [2.24, 2.45) is 5.92 Å². The number of pyridine rings is 1. The largest absolute Gasteiger partial charge is 0.306 e. The van der Waals surface area contributed by atoms with E-state index in [0.717, 1.165) is 24.1 Å². The average Bonchev–Trinajstić information content (AvgIpc) is 2.87. The van der Waals surface area contributed by atoms with Crippen LogP contribution in [0.3, 0.4) is 0 Å². The van der Waals surface area contributed by atoms with Gasteiger partial charge in [0.2, 0.25) is 0 Å². The first kappa shape index (κ1) is 9.72. The summed E-state index contributed by atoms with van der Waals surface area (Å²) in [6.07, 6.45) is 4.81. The number of hydrogen-bond donors (Lipinski definition) is 0. The Kier molecular flexibility index (Phi) is 2.32. The summed E-state index contributed by atoms with van der Waals surface area (Å²) >= 11 is 0. The number of likely N-dealkylation sites (tertiary alicyclic amines) is 1. The average molecular weight is 217 g/mol. The van der Waals surface area contributed by atoms with E-state index >= 15 is 0 Å². The molecule has 0 spiro atoms. The molecule has 5 nitrogen and oxygen atoms in total. The van der Waals surface area contributed by atoms with E-state index < -0.39 is 0 Å². The minimum absolute atomic E-state index is 0.697. The van der Waals surface area contributed by atoms with Gasteiger partial charge in [-0.2, -0.15) is 0 Å². The van der Waals surface area contributed by atoms with Crippen LogP contribution in [0.25, 0.3) is 11.0 Å². The number of rotatable bonds is 2. The van der Waals surface area contributed by atoms with Crippen LogP contribution in [0.4, 0.5) is 0 Å². The monoisotopic (exact) mass is 217 g/mol. The molecule has 1 aliphatic rings. The van der Waals surface area contributed by atoms with Crippen LogP contribution in [-0.4, -0.2) is 45.0 Å². The van der Waals surface area contributed by atoms with Crippen LogP contribution in [0, 0.1) is 5.92 Å². The molecule has 1 unspecified atom stereocenters. The number of fused-ring (bicyclic) bond motifs is 1. The van der Waals surface area contributed by atoms with Gasteiger partial charge in [0.25, 0.3) is 0 Å². The molecule has 1 fully saturated rings. The van der Waals surface area contributed by atoms with Crippen LogP contribution >= 0.6 is 0 Å². The van der Waals surface area contributed by atoms with Crippen molar-refractivity contribution in [1.29, 1.82) is 0 Å². The molecular weight excluding hydrogens is 202 g/mol. The summed E-state index contributed by atoms with van der Waals surface area (Å²) in [5, 5.41) is 8.31. The Labute approximate surface area is 94.1 Å². The third-order valence-corrected chi connectivity index (χ3v) is 3.24. The van der Waals surface area contributed by atoms with Crippen molar-refractivity contribution in [3.05, 3.63) is 18.5 Å². The molecule has 2 aromatic heterocycles. The Morgan fingerprint density at radius 2 is 2.44 bits per heavy atom. The molecule has 3 rings (SSSR count). The number of hydrogen-bond acceptors (Lipinski definition) is 4. The summed E-state index contributed by atoms with van der Waals surface area (Å²) in [5.74, 6) is 0.697. The van der Waals surface area contributed by atoms with Gasteiger partial charge in [-0.25, -0.2) is 4.68 Å². The van der Waals surface area contributed by atoms with E-state index in [9.17, 15) is 0 Å². The lowest BCUT2D eigenvalue weighted by molar-refractivity contribution is 0.370. The standard InChI is InChI=1S/C11H15N5/c1-15-5-3-9(7-15)8-16-11-2-4-12-6-10(11)13-14-16/h2,4,6,9H,3,5,7-8H2,1H3. The lowest BCUT2D eigenvalue weighted by atomic mass is 10.1.